The molecule has 0 aliphatic carbocycles. The molecule has 0 amide bonds. The summed E-state index contributed by atoms with van der Waals surface area (Å²) >= 11 is 0. The third kappa shape index (κ3) is 6.54. The topological polar surface area (TPSA) is 131 Å². The van der Waals surface area contributed by atoms with E-state index in [4.69, 9.17) is 0 Å². The van der Waals surface area contributed by atoms with Gasteiger partial charge in [0.15, 0.2) is 26.0 Å². The fourth-order valence-corrected chi connectivity index (χ4v) is 6.87. The zero-order chi connectivity index (χ0) is 33.2. The molecule has 2 heterocycles. The van der Waals surface area contributed by atoms with Crippen molar-refractivity contribution in [1.82, 2.24) is 9.97 Å². The number of aliphatic hydroxyl groups is 1. The summed E-state index contributed by atoms with van der Waals surface area (Å²) in [5.41, 5.74) is 2.11. The molecule has 0 bridgehead atoms. The number of aliphatic hydroxyl groups excluding tert-OH is 1. The summed E-state index contributed by atoms with van der Waals surface area (Å²) in [5.74, 6) is -1.02. The van der Waals surface area contributed by atoms with Gasteiger partial charge in [-0.25, -0.2) is 35.6 Å². The maximum atomic E-state index is 13.9. The summed E-state index contributed by atoms with van der Waals surface area (Å²) in [6.07, 6.45) is 2.72. The van der Waals surface area contributed by atoms with Crippen molar-refractivity contribution in [3.63, 3.8) is 0 Å². The lowest BCUT2D eigenvalue weighted by molar-refractivity contribution is 0.112. The van der Waals surface area contributed by atoms with Gasteiger partial charge < -0.3 is 5.11 Å². The van der Waals surface area contributed by atoms with Gasteiger partial charge in [-0.05, 0) is 36.4 Å². The average molecular weight is 661 g/mol. The highest BCUT2D eigenvalue weighted by molar-refractivity contribution is 7.91. The Balaban J connectivity index is 0.000000181. The van der Waals surface area contributed by atoms with Gasteiger partial charge in [-0.15, -0.1) is 0 Å². The van der Waals surface area contributed by atoms with E-state index in [1.807, 2.05) is 0 Å². The van der Waals surface area contributed by atoms with Crippen LogP contribution in [0.3, 0.4) is 0 Å². The van der Waals surface area contributed by atoms with Crippen LogP contribution in [0.25, 0.3) is 44.1 Å². The van der Waals surface area contributed by atoms with E-state index in [1.54, 1.807) is 66.7 Å². The zero-order valence-electron chi connectivity index (χ0n) is 24.5. The maximum Gasteiger partial charge on any atom is 0.176 e. The van der Waals surface area contributed by atoms with Crippen LogP contribution in [0.1, 0.15) is 16.2 Å². The highest BCUT2D eigenvalue weighted by Gasteiger charge is 2.20. The fraction of sp³-hybridized carbons (Fsp3) is 0.0882. The minimum absolute atomic E-state index is 0.00120. The molecule has 12 heteroatoms. The van der Waals surface area contributed by atoms with Crippen molar-refractivity contribution in [2.75, 3.05) is 12.5 Å². The summed E-state index contributed by atoms with van der Waals surface area (Å²) in [6, 6.07) is 25.1. The molecule has 6 rings (SSSR count). The average Bonchev–Trinajstić information content (AvgIpc) is 3.03. The van der Waals surface area contributed by atoms with E-state index in [9.17, 15) is 35.5 Å². The number of nitrogens with zero attached hydrogens (tertiary/aromatic N) is 2. The van der Waals surface area contributed by atoms with Crippen LogP contribution in [0, 0.1) is 11.6 Å². The smallest absolute Gasteiger partial charge is 0.176 e. The Labute approximate surface area is 263 Å². The van der Waals surface area contributed by atoms with Crippen LogP contribution in [-0.4, -0.2) is 50.7 Å². The molecule has 8 nitrogen and oxygen atoms in total. The fourth-order valence-electron chi connectivity index (χ4n) is 5.06. The molecular formula is C34H26F2N2O6S2. The zero-order valence-corrected chi connectivity index (χ0v) is 26.1. The Hall–Kier alpha value is -4.91. The lowest BCUT2D eigenvalue weighted by Crippen LogP contribution is -2.03. The molecule has 4 aromatic carbocycles. The molecule has 0 saturated heterocycles. The predicted octanol–water partition coefficient (Wildman–Crippen LogP) is 6.19. The van der Waals surface area contributed by atoms with Gasteiger partial charge in [0.25, 0.3) is 0 Å². The molecule has 0 aliphatic rings. The Bertz CT molecular complexity index is 2360. The Morgan fingerprint density at radius 1 is 0.630 bits per heavy atom. The number of carbonyl (C=O) groups excluding carboxylic acids is 1. The number of hydrogen-bond donors (Lipinski definition) is 1. The van der Waals surface area contributed by atoms with E-state index in [2.05, 4.69) is 9.97 Å². The standard InChI is InChI=1S/C17H14FNO3S.C17H12FNO3S/c2*1-23(21,22)16-8-3-2-6-12(16)13-9-11-5-4-7-14(18)17(11)19-15(13)10-20/h2-9,20H,10H2,1H3;2-10H,1H3. The van der Waals surface area contributed by atoms with Gasteiger partial charge in [-0.1, -0.05) is 60.7 Å². The minimum Gasteiger partial charge on any atom is -0.390 e. The molecule has 0 unspecified atom stereocenters. The molecule has 0 fully saturated rings. The number of carbonyl (C=O) groups is 1. The normalized spacial score (nSPS) is 11.7. The maximum absolute atomic E-state index is 13.9. The number of hydrogen-bond acceptors (Lipinski definition) is 8. The summed E-state index contributed by atoms with van der Waals surface area (Å²) in [4.78, 5) is 19.9. The first-order valence-electron chi connectivity index (χ1n) is 13.7. The number of aldehydes is 1. The van der Waals surface area contributed by atoms with Crippen molar-refractivity contribution in [2.45, 2.75) is 16.4 Å². The molecule has 0 aliphatic heterocycles. The summed E-state index contributed by atoms with van der Waals surface area (Å²) in [7, 11) is -6.94. The number of pyridine rings is 2. The van der Waals surface area contributed by atoms with Crippen LogP contribution in [0.4, 0.5) is 8.78 Å². The third-order valence-electron chi connectivity index (χ3n) is 7.12. The Kier molecular flexibility index (Phi) is 9.06. The number of sulfone groups is 2. The Morgan fingerprint density at radius 2 is 1.09 bits per heavy atom. The minimum atomic E-state index is -3.49. The summed E-state index contributed by atoms with van der Waals surface area (Å²) in [5, 5.41) is 10.6. The molecule has 0 atom stereocenters. The highest BCUT2D eigenvalue weighted by atomic mass is 32.2. The van der Waals surface area contributed by atoms with Crippen molar-refractivity contribution < 1.29 is 35.5 Å². The van der Waals surface area contributed by atoms with Crippen molar-refractivity contribution in [2.24, 2.45) is 0 Å². The van der Waals surface area contributed by atoms with Gasteiger partial charge in [-0.3, -0.25) is 4.79 Å². The second-order valence-corrected chi connectivity index (χ2v) is 14.3. The van der Waals surface area contributed by atoms with E-state index >= 15 is 0 Å². The van der Waals surface area contributed by atoms with Crippen molar-refractivity contribution in [3.8, 4) is 22.3 Å². The first-order chi connectivity index (χ1) is 21.8. The van der Waals surface area contributed by atoms with E-state index in [-0.39, 0.29) is 32.2 Å². The molecule has 1 N–H and O–H groups in total. The number of halogens is 2. The highest BCUT2D eigenvalue weighted by Crippen LogP contribution is 2.33. The molecule has 0 spiro atoms. The number of aromatic nitrogens is 2. The third-order valence-corrected chi connectivity index (χ3v) is 9.43. The van der Waals surface area contributed by atoms with Gasteiger partial charge >= 0.3 is 0 Å². The molecule has 0 saturated carbocycles. The van der Waals surface area contributed by atoms with Crippen LogP contribution >= 0.6 is 0 Å². The van der Waals surface area contributed by atoms with Gasteiger partial charge in [0.05, 0.1) is 22.1 Å². The van der Waals surface area contributed by atoms with Crippen LogP contribution in [0.2, 0.25) is 0 Å². The van der Waals surface area contributed by atoms with Gasteiger partial charge in [0.2, 0.25) is 0 Å². The largest absolute Gasteiger partial charge is 0.390 e. The lowest BCUT2D eigenvalue weighted by Gasteiger charge is -2.13. The molecular weight excluding hydrogens is 635 g/mol. The predicted molar refractivity (Wildman–Crippen MR) is 172 cm³/mol. The first-order valence-corrected chi connectivity index (χ1v) is 17.4. The molecule has 0 radical (unpaired) electrons. The van der Waals surface area contributed by atoms with Crippen molar-refractivity contribution in [3.05, 3.63) is 120 Å². The molecule has 2 aromatic heterocycles. The van der Waals surface area contributed by atoms with Crippen LogP contribution in [-0.2, 0) is 26.3 Å². The van der Waals surface area contributed by atoms with E-state index in [0.29, 0.717) is 39.3 Å². The van der Waals surface area contributed by atoms with E-state index in [1.165, 1.54) is 30.3 Å². The van der Waals surface area contributed by atoms with Crippen molar-refractivity contribution in [1.29, 1.82) is 0 Å². The number of para-hydroxylation sites is 2. The second kappa shape index (κ2) is 12.8. The van der Waals surface area contributed by atoms with Gasteiger partial charge in [-0.2, -0.15) is 0 Å². The van der Waals surface area contributed by atoms with Crippen LogP contribution < -0.4 is 0 Å². The van der Waals surface area contributed by atoms with E-state index < -0.39 is 37.9 Å². The van der Waals surface area contributed by atoms with Crippen LogP contribution in [0.15, 0.2) is 107 Å². The monoisotopic (exact) mass is 660 g/mol. The summed E-state index contributed by atoms with van der Waals surface area (Å²) in [6.45, 7) is -0.419. The summed E-state index contributed by atoms with van der Waals surface area (Å²) < 4.78 is 75.7. The van der Waals surface area contributed by atoms with Gasteiger partial charge in [0, 0.05) is 45.5 Å². The van der Waals surface area contributed by atoms with Crippen LogP contribution in [0.5, 0.6) is 0 Å². The molecule has 234 valence electrons. The lowest BCUT2D eigenvalue weighted by atomic mass is 10.0. The first kappa shape index (κ1) is 32.5. The quantitative estimate of drug-likeness (QED) is 0.209. The Morgan fingerprint density at radius 3 is 1.57 bits per heavy atom. The van der Waals surface area contributed by atoms with Crippen molar-refractivity contribution >= 4 is 47.8 Å². The number of benzene rings is 4. The second-order valence-electron chi connectivity index (χ2n) is 10.3. The van der Waals surface area contributed by atoms with Gasteiger partial charge in [0.1, 0.15) is 28.4 Å². The molecule has 46 heavy (non-hydrogen) atoms. The number of fused-ring (bicyclic) bond motifs is 2. The SMILES string of the molecule is CS(=O)(=O)c1ccccc1-c1cc2cccc(F)c2nc1C=O.CS(=O)(=O)c1ccccc1-c1cc2cccc(F)c2nc1CO. The van der Waals surface area contributed by atoms with E-state index in [0.717, 1.165) is 12.5 Å². The number of rotatable bonds is 6. The molecule has 6 aromatic rings.